The van der Waals surface area contributed by atoms with Gasteiger partial charge in [0, 0.05) is 18.8 Å². The van der Waals surface area contributed by atoms with Crippen LogP contribution in [-0.4, -0.2) is 18.0 Å². The third-order valence-electron chi connectivity index (χ3n) is 3.46. The van der Waals surface area contributed by atoms with Crippen LogP contribution >= 0.6 is 0 Å². The monoisotopic (exact) mass is 268 g/mol. The van der Waals surface area contributed by atoms with Crippen LogP contribution in [0.4, 0.5) is 5.69 Å². The zero-order valence-electron chi connectivity index (χ0n) is 12.3. The molecule has 2 aromatic rings. The highest BCUT2D eigenvalue weighted by molar-refractivity contribution is 5.40. The van der Waals surface area contributed by atoms with E-state index >= 15 is 0 Å². The molecule has 0 radical (unpaired) electrons. The molecule has 0 bridgehead atoms. The van der Waals surface area contributed by atoms with Crippen LogP contribution in [0, 0.1) is 0 Å². The van der Waals surface area contributed by atoms with Crippen molar-refractivity contribution < 1.29 is 0 Å². The molecule has 2 aromatic carbocycles. The smallest absolute Gasteiger partial charge is 0.0317 e. The summed E-state index contributed by atoms with van der Waals surface area (Å²) in [5.41, 5.74) is 9.41. The molecule has 0 aliphatic carbocycles. The average Bonchev–Trinajstić information content (AvgIpc) is 2.46. The molecule has 0 heterocycles. The van der Waals surface area contributed by atoms with Gasteiger partial charge in [0.15, 0.2) is 0 Å². The zero-order valence-corrected chi connectivity index (χ0v) is 12.3. The zero-order chi connectivity index (χ0) is 14.2. The first-order valence-corrected chi connectivity index (χ1v) is 7.38. The van der Waals surface area contributed by atoms with Gasteiger partial charge in [-0.15, -0.1) is 0 Å². The highest BCUT2D eigenvalue weighted by Crippen LogP contribution is 2.11. The standard InChI is InChI=1S/C18H24N2/c1-2-12-20(13-11-16-7-4-3-5-8-16)15-17-9-6-10-18(19)14-17/h3-10,14H,2,11-13,15,19H2,1H3. The molecule has 0 saturated heterocycles. The molecule has 106 valence electrons. The van der Waals surface area contributed by atoms with Gasteiger partial charge in [-0.1, -0.05) is 49.4 Å². The number of benzene rings is 2. The molecule has 2 rings (SSSR count). The molecular weight excluding hydrogens is 244 g/mol. The van der Waals surface area contributed by atoms with E-state index in [-0.39, 0.29) is 0 Å². The summed E-state index contributed by atoms with van der Waals surface area (Å²) in [4.78, 5) is 2.50. The molecule has 0 fully saturated rings. The second-order valence-electron chi connectivity index (χ2n) is 5.26. The Labute approximate surface area is 122 Å². The summed E-state index contributed by atoms with van der Waals surface area (Å²) in [6, 6.07) is 18.9. The van der Waals surface area contributed by atoms with E-state index in [1.54, 1.807) is 0 Å². The maximum Gasteiger partial charge on any atom is 0.0317 e. The van der Waals surface area contributed by atoms with Gasteiger partial charge in [0.2, 0.25) is 0 Å². The quantitative estimate of drug-likeness (QED) is 0.775. The molecular formula is C18H24N2. The van der Waals surface area contributed by atoms with Crippen molar-refractivity contribution in [1.29, 1.82) is 0 Å². The minimum atomic E-state index is 0.849. The summed E-state index contributed by atoms with van der Waals surface area (Å²) < 4.78 is 0. The van der Waals surface area contributed by atoms with Gasteiger partial charge in [0.25, 0.3) is 0 Å². The van der Waals surface area contributed by atoms with Gasteiger partial charge in [-0.3, -0.25) is 4.90 Å². The number of rotatable bonds is 7. The fourth-order valence-corrected chi connectivity index (χ4v) is 2.47. The number of hydrogen-bond acceptors (Lipinski definition) is 2. The largest absolute Gasteiger partial charge is 0.399 e. The van der Waals surface area contributed by atoms with Crippen LogP contribution in [0.3, 0.4) is 0 Å². The van der Waals surface area contributed by atoms with Gasteiger partial charge < -0.3 is 5.73 Å². The topological polar surface area (TPSA) is 29.3 Å². The van der Waals surface area contributed by atoms with Crippen molar-refractivity contribution in [3.05, 3.63) is 65.7 Å². The van der Waals surface area contributed by atoms with Crippen molar-refractivity contribution in [2.45, 2.75) is 26.3 Å². The van der Waals surface area contributed by atoms with Gasteiger partial charge in [0.1, 0.15) is 0 Å². The molecule has 2 N–H and O–H groups in total. The number of nitrogens with two attached hydrogens (primary N) is 1. The second-order valence-corrected chi connectivity index (χ2v) is 5.26. The van der Waals surface area contributed by atoms with E-state index < -0.39 is 0 Å². The lowest BCUT2D eigenvalue weighted by atomic mass is 10.1. The Balaban J connectivity index is 1.93. The molecule has 0 amide bonds. The van der Waals surface area contributed by atoms with Crippen LogP contribution in [0.5, 0.6) is 0 Å². The fourth-order valence-electron chi connectivity index (χ4n) is 2.47. The van der Waals surface area contributed by atoms with E-state index in [0.29, 0.717) is 0 Å². The summed E-state index contributed by atoms with van der Waals surface area (Å²) >= 11 is 0. The van der Waals surface area contributed by atoms with Crippen molar-refractivity contribution in [3.63, 3.8) is 0 Å². The maximum absolute atomic E-state index is 5.85. The molecule has 0 aliphatic heterocycles. The van der Waals surface area contributed by atoms with Crippen LogP contribution in [0.25, 0.3) is 0 Å². The first-order valence-electron chi connectivity index (χ1n) is 7.38. The Morgan fingerprint density at radius 3 is 2.35 bits per heavy atom. The van der Waals surface area contributed by atoms with Gasteiger partial charge in [-0.25, -0.2) is 0 Å². The molecule has 0 unspecified atom stereocenters. The lowest BCUT2D eigenvalue weighted by Crippen LogP contribution is -2.26. The summed E-state index contributed by atoms with van der Waals surface area (Å²) in [6.07, 6.45) is 2.28. The Kier molecular flexibility index (Phi) is 5.63. The van der Waals surface area contributed by atoms with Gasteiger partial charge in [-0.2, -0.15) is 0 Å². The predicted octanol–water partition coefficient (Wildman–Crippen LogP) is 3.72. The van der Waals surface area contributed by atoms with Crippen molar-refractivity contribution >= 4 is 5.69 Å². The molecule has 2 nitrogen and oxygen atoms in total. The Bertz CT molecular complexity index is 508. The highest BCUT2D eigenvalue weighted by atomic mass is 15.1. The average molecular weight is 268 g/mol. The van der Waals surface area contributed by atoms with Crippen molar-refractivity contribution in [2.75, 3.05) is 18.8 Å². The number of nitrogen functional groups attached to an aromatic ring is 1. The number of hydrogen-bond donors (Lipinski definition) is 1. The lowest BCUT2D eigenvalue weighted by Gasteiger charge is -2.22. The van der Waals surface area contributed by atoms with E-state index in [0.717, 1.165) is 31.7 Å². The normalized spacial score (nSPS) is 10.9. The molecule has 0 aliphatic rings. The van der Waals surface area contributed by atoms with E-state index in [9.17, 15) is 0 Å². The van der Waals surface area contributed by atoms with Crippen LogP contribution in [0.2, 0.25) is 0 Å². The molecule has 2 heteroatoms. The molecule has 0 aromatic heterocycles. The van der Waals surface area contributed by atoms with Crippen LogP contribution < -0.4 is 5.73 Å². The first-order chi connectivity index (χ1) is 9.78. The summed E-state index contributed by atoms with van der Waals surface area (Å²) in [5.74, 6) is 0. The first kappa shape index (κ1) is 14.6. The third-order valence-corrected chi connectivity index (χ3v) is 3.46. The van der Waals surface area contributed by atoms with Crippen LogP contribution in [0.15, 0.2) is 54.6 Å². The minimum Gasteiger partial charge on any atom is -0.399 e. The lowest BCUT2D eigenvalue weighted by molar-refractivity contribution is 0.269. The number of anilines is 1. The predicted molar refractivity (Wildman–Crippen MR) is 86.6 cm³/mol. The second kappa shape index (κ2) is 7.71. The Morgan fingerprint density at radius 1 is 0.900 bits per heavy atom. The van der Waals surface area contributed by atoms with Crippen LogP contribution in [0.1, 0.15) is 24.5 Å². The van der Waals surface area contributed by atoms with E-state index in [1.807, 2.05) is 12.1 Å². The Morgan fingerprint density at radius 2 is 1.65 bits per heavy atom. The summed E-state index contributed by atoms with van der Waals surface area (Å²) in [5, 5.41) is 0. The third kappa shape index (κ3) is 4.71. The Hall–Kier alpha value is -1.80. The fraction of sp³-hybridized carbons (Fsp3) is 0.333. The molecule has 20 heavy (non-hydrogen) atoms. The minimum absolute atomic E-state index is 0.849. The van der Waals surface area contributed by atoms with Gasteiger partial charge in [0.05, 0.1) is 0 Å². The molecule has 0 saturated carbocycles. The summed E-state index contributed by atoms with van der Waals surface area (Å²) in [7, 11) is 0. The van der Waals surface area contributed by atoms with Crippen molar-refractivity contribution in [3.8, 4) is 0 Å². The number of nitrogens with zero attached hydrogens (tertiary/aromatic N) is 1. The van der Waals surface area contributed by atoms with E-state index in [1.165, 1.54) is 17.5 Å². The SMILES string of the molecule is CCCN(CCc1ccccc1)Cc1cccc(N)c1. The highest BCUT2D eigenvalue weighted by Gasteiger charge is 2.05. The van der Waals surface area contributed by atoms with Crippen LogP contribution in [-0.2, 0) is 13.0 Å². The van der Waals surface area contributed by atoms with Crippen molar-refractivity contribution in [1.82, 2.24) is 4.90 Å². The van der Waals surface area contributed by atoms with E-state index in [2.05, 4.69) is 54.3 Å². The maximum atomic E-state index is 5.85. The molecule has 0 spiro atoms. The van der Waals surface area contributed by atoms with Gasteiger partial charge in [-0.05, 0) is 42.6 Å². The van der Waals surface area contributed by atoms with E-state index in [4.69, 9.17) is 5.73 Å². The summed E-state index contributed by atoms with van der Waals surface area (Å²) in [6.45, 7) is 5.43. The molecule has 0 atom stereocenters. The van der Waals surface area contributed by atoms with Gasteiger partial charge >= 0.3 is 0 Å². The van der Waals surface area contributed by atoms with Crippen molar-refractivity contribution in [2.24, 2.45) is 0 Å².